The first-order chi connectivity index (χ1) is 7.54. The smallest absolute Gasteiger partial charge is 0.338 e. The van der Waals surface area contributed by atoms with Crippen molar-refractivity contribution >= 4 is 5.97 Å². The minimum Gasteiger partial charge on any atom is -0.458 e. The molecule has 1 rings (SSSR count). The van der Waals surface area contributed by atoms with Gasteiger partial charge in [0.25, 0.3) is 0 Å². The molecule has 0 spiro atoms. The van der Waals surface area contributed by atoms with Crippen LogP contribution in [0.1, 0.15) is 40.0 Å². The molecule has 0 aliphatic heterocycles. The second-order valence-corrected chi connectivity index (χ2v) is 5.15. The van der Waals surface area contributed by atoms with Crippen LogP contribution in [-0.2, 0) is 9.53 Å². The zero-order valence-corrected chi connectivity index (χ0v) is 10.5. The van der Waals surface area contributed by atoms with Crippen molar-refractivity contribution in [3.8, 4) is 0 Å². The molecule has 1 saturated carbocycles. The lowest BCUT2D eigenvalue weighted by atomic mass is 9.75. The number of carbonyl (C=O) groups is 1. The Bertz CT molecular complexity index is 287. The Kier molecular flexibility index (Phi) is 4.82. The van der Waals surface area contributed by atoms with Crippen molar-refractivity contribution in [3.05, 3.63) is 18.4 Å². The standard InChI is InChI=1S/C14H22O2/c1-5-6-14(15)16-13-9-11(4)7-8-12(13)10(2)3/h6,10-13H,1,7-9H2,2-4H3/t11?,12?,13-/m1/s1. The highest BCUT2D eigenvalue weighted by Gasteiger charge is 2.32. The molecule has 3 atom stereocenters. The van der Waals surface area contributed by atoms with Gasteiger partial charge in [0.1, 0.15) is 6.10 Å². The average Bonchev–Trinajstić information content (AvgIpc) is 2.17. The van der Waals surface area contributed by atoms with E-state index in [4.69, 9.17) is 4.74 Å². The number of hydrogen-bond acceptors (Lipinski definition) is 2. The van der Waals surface area contributed by atoms with E-state index in [9.17, 15) is 4.79 Å². The number of carbonyl (C=O) groups excluding carboxylic acids is 1. The number of esters is 1. The highest BCUT2D eigenvalue weighted by molar-refractivity contribution is 5.81. The molecule has 0 bridgehead atoms. The summed E-state index contributed by atoms with van der Waals surface area (Å²) in [6.07, 6.45) is 4.74. The van der Waals surface area contributed by atoms with E-state index >= 15 is 0 Å². The first-order valence-electron chi connectivity index (χ1n) is 6.11. The van der Waals surface area contributed by atoms with Gasteiger partial charge in [-0.05, 0) is 30.6 Å². The molecule has 90 valence electrons. The third kappa shape index (κ3) is 3.53. The van der Waals surface area contributed by atoms with Crippen molar-refractivity contribution in [1.82, 2.24) is 0 Å². The summed E-state index contributed by atoms with van der Waals surface area (Å²) in [7, 11) is 0. The summed E-state index contributed by atoms with van der Waals surface area (Å²) in [5.74, 6) is 1.41. The summed E-state index contributed by atoms with van der Waals surface area (Å²) in [5, 5.41) is 0. The summed E-state index contributed by atoms with van der Waals surface area (Å²) in [6.45, 7) is 10.0. The molecule has 0 radical (unpaired) electrons. The van der Waals surface area contributed by atoms with Gasteiger partial charge in [-0.1, -0.05) is 33.8 Å². The predicted octanol–water partition coefficient (Wildman–Crippen LogP) is 3.33. The van der Waals surface area contributed by atoms with E-state index in [2.05, 4.69) is 33.1 Å². The molecule has 0 aromatic rings. The Labute approximate surface area is 98.4 Å². The van der Waals surface area contributed by atoms with Crippen molar-refractivity contribution in [1.29, 1.82) is 0 Å². The Hall–Kier alpha value is -1.01. The minimum absolute atomic E-state index is 0.0702. The monoisotopic (exact) mass is 222 g/mol. The lowest BCUT2D eigenvalue weighted by Gasteiger charge is -2.36. The second-order valence-electron chi connectivity index (χ2n) is 5.15. The van der Waals surface area contributed by atoms with Crippen LogP contribution in [-0.4, -0.2) is 12.1 Å². The van der Waals surface area contributed by atoms with Crippen LogP contribution >= 0.6 is 0 Å². The van der Waals surface area contributed by atoms with Crippen LogP contribution < -0.4 is 0 Å². The van der Waals surface area contributed by atoms with Gasteiger partial charge in [0.2, 0.25) is 0 Å². The molecule has 1 aliphatic carbocycles. The van der Waals surface area contributed by atoms with E-state index in [1.165, 1.54) is 12.5 Å². The Balaban J connectivity index is 2.64. The summed E-state index contributed by atoms with van der Waals surface area (Å²) in [4.78, 5) is 11.4. The molecule has 2 unspecified atom stereocenters. The highest BCUT2D eigenvalue weighted by atomic mass is 16.5. The fourth-order valence-corrected chi connectivity index (χ4v) is 2.52. The Morgan fingerprint density at radius 1 is 1.50 bits per heavy atom. The van der Waals surface area contributed by atoms with Gasteiger partial charge >= 0.3 is 5.97 Å². The van der Waals surface area contributed by atoms with E-state index in [1.807, 2.05) is 0 Å². The van der Waals surface area contributed by atoms with E-state index in [-0.39, 0.29) is 12.1 Å². The molecule has 0 saturated heterocycles. The quantitative estimate of drug-likeness (QED) is 0.416. The molecule has 0 amide bonds. The highest BCUT2D eigenvalue weighted by Crippen LogP contribution is 2.35. The van der Waals surface area contributed by atoms with E-state index < -0.39 is 0 Å². The van der Waals surface area contributed by atoms with Crippen molar-refractivity contribution in [2.45, 2.75) is 46.1 Å². The Morgan fingerprint density at radius 2 is 2.19 bits per heavy atom. The largest absolute Gasteiger partial charge is 0.458 e. The van der Waals surface area contributed by atoms with Crippen LogP contribution in [0.5, 0.6) is 0 Å². The molecular weight excluding hydrogens is 200 g/mol. The summed E-state index contributed by atoms with van der Waals surface area (Å²) in [5.41, 5.74) is 2.46. The molecule has 2 nitrogen and oxygen atoms in total. The van der Waals surface area contributed by atoms with Gasteiger partial charge in [-0.25, -0.2) is 4.79 Å². The molecule has 0 heterocycles. The molecule has 16 heavy (non-hydrogen) atoms. The first-order valence-corrected chi connectivity index (χ1v) is 6.11. The number of rotatable bonds is 3. The van der Waals surface area contributed by atoms with Gasteiger partial charge in [-0.3, -0.25) is 0 Å². The maximum absolute atomic E-state index is 11.4. The second kappa shape index (κ2) is 5.91. The van der Waals surface area contributed by atoms with Crippen LogP contribution in [0.25, 0.3) is 0 Å². The van der Waals surface area contributed by atoms with Crippen molar-refractivity contribution < 1.29 is 9.53 Å². The lowest BCUT2D eigenvalue weighted by molar-refractivity contribution is -0.149. The topological polar surface area (TPSA) is 26.3 Å². The Morgan fingerprint density at radius 3 is 2.75 bits per heavy atom. The minimum atomic E-state index is -0.306. The summed E-state index contributed by atoms with van der Waals surface area (Å²) in [6, 6.07) is 0. The lowest BCUT2D eigenvalue weighted by Crippen LogP contribution is -2.35. The van der Waals surface area contributed by atoms with Gasteiger partial charge in [0.15, 0.2) is 0 Å². The maximum atomic E-state index is 11.4. The molecule has 1 aliphatic rings. The van der Waals surface area contributed by atoms with Gasteiger partial charge in [0, 0.05) is 0 Å². The zero-order valence-electron chi connectivity index (χ0n) is 10.5. The molecule has 0 aromatic carbocycles. The SMILES string of the molecule is C=C=CC(=O)O[C@@H]1CC(C)CCC1C(C)C. The third-order valence-corrected chi connectivity index (χ3v) is 3.45. The van der Waals surface area contributed by atoms with Crippen LogP contribution in [0.15, 0.2) is 18.4 Å². The van der Waals surface area contributed by atoms with Crippen LogP contribution in [0, 0.1) is 17.8 Å². The fourth-order valence-electron chi connectivity index (χ4n) is 2.52. The molecule has 2 heteroatoms. The van der Waals surface area contributed by atoms with Crippen molar-refractivity contribution in [2.75, 3.05) is 0 Å². The average molecular weight is 222 g/mol. The van der Waals surface area contributed by atoms with Crippen LogP contribution in [0.2, 0.25) is 0 Å². The van der Waals surface area contributed by atoms with Gasteiger partial charge in [-0.2, -0.15) is 0 Å². The van der Waals surface area contributed by atoms with E-state index in [0.717, 1.165) is 12.8 Å². The normalized spacial score (nSPS) is 29.6. The summed E-state index contributed by atoms with van der Waals surface area (Å²) >= 11 is 0. The van der Waals surface area contributed by atoms with E-state index in [0.29, 0.717) is 17.8 Å². The predicted molar refractivity (Wildman–Crippen MR) is 64.9 cm³/mol. The fraction of sp³-hybridized carbons (Fsp3) is 0.714. The van der Waals surface area contributed by atoms with Crippen molar-refractivity contribution in [2.24, 2.45) is 17.8 Å². The van der Waals surface area contributed by atoms with Crippen molar-refractivity contribution in [3.63, 3.8) is 0 Å². The zero-order chi connectivity index (χ0) is 12.1. The van der Waals surface area contributed by atoms with Gasteiger partial charge in [0.05, 0.1) is 6.08 Å². The van der Waals surface area contributed by atoms with E-state index in [1.54, 1.807) is 0 Å². The first kappa shape index (κ1) is 13.1. The molecule has 1 fully saturated rings. The number of ether oxygens (including phenoxy) is 1. The maximum Gasteiger partial charge on any atom is 0.338 e. The number of hydrogen-bond donors (Lipinski definition) is 0. The van der Waals surface area contributed by atoms with Crippen LogP contribution in [0.4, 0.5) is 0 Å². The van der Waals surface area contributed by atoms with Crippen LogP contribution in [0.3, 0.4) is 0 Å². The molecule has 0 aromatic heterocycles. The molecular formula is C14H22O2. The van der Waals surface area contributed by atoms with Gasteiger partial charge < -0.3 is 4.74 Å². The summed E-state index contributed by atoms with van der Waals surface area (Å²) < 4.78 is 5.48. The van der Waals surface area contributed by atoms with Gasteiger partial charge in [-0.15, -0.1) is 5.73 Å². The third-order valence-electron chi connectivity index (χ3n) is 3.45. The molecule has 0 N–H and O–H groups in total.